The summed E-state index contributed by atoms with van der Waals surface area (Å²) in [7, 11) is 8.66. The lowest BCUT2D eigenvalue weighted by Crippen LogP contribution is -2.35. The summed E-state index contributed by atoms with van der Waals surface area (Å²) >= 11 is 1.54. The maximum absolute atomic E-state index is 13.3. The number of benzene rings is 2. The van der Waals surface area contributed by atoms with Crippen molar-refractivity contribution in [3.8, 4) is 17.2 Å². The lowest BCUT2D eigenvalue weighted by molar-refractivity contribution is -0.114. The molecular weight excluding hydrogens is 438 g/mol. The number of carbonyl (C=O) groups excluding carboxylic acids is 1. The van der Waals surface area contributed by atoms with Crippen LogP contribution in [0.15, 0.2) is 30.3 Å². The first-order valence-electron chi connectivity index (χ1n) is 10.6. The predicted octanol–water partition coefficient (Wildman–Crippen LogP) is 4.55. The van der Waals surface area contributed by atoms with Crippen LogP contribution in [0, 0.1) is 13.8 Å². The Labute approximate surface area is 199 Å². The number of thiazole rings is 1. The minimum Gasteiger partial charge on any atom is -0.493 e. The number of likely N-dealkylation sites (N-methyl/N-ethyl adjacent to an activating group) is 1. The van der Waals surface area contributed by atoms with Gasteiger partial charge in [-0.05, 0) is 68.9 Å². The highest BCUT2D eigenvalue weighted by atomic mass is 32.1. The molecule has 8 heteroatoms. The van der Waals surface area contributed by atoms with E-state index in [1.807, 2.05) is 19.0 Å². The Morgan fingerprint density at radius 2 is 1.67 bits per heavy atom. The SMILES string of the molecule is COc1cc(/C=C/C(=O)N(CCN(C)C)c2nc3c(C)cc(C)cc3s2)cc(OC)c1OC. The van der Waals surface area contributed by atoms with Gasteiger partial charge in [-0.1, -0.05) is 17.4 Å². The van der Waals surface area contributed by atoms with Crippen molar-refractivity contribution in [1.29, 1.82) is 0 Å². The number of hydrogen-bond donors (Lipinski definition) is 0. The molecular formula is C25H31N3O4S. The fourth-order valence-electron chi connectivity index (χ4n) is 3.53. The first-order chi connectivity index (χ1) is 15.8. The molecule has 1 aromatic heterocycles. The van der Waals surface area contributed by atoms with Crippen LogP contribution in [0.3, 0.4) is 0 Å². The number of fused-ring (bicyclic) bond motifs is 1. The highest BCUT2D eigenvalue weighted by Crippen LogP contribution is 2.38. The fourth-order valence-corrected chi connectivity index (χ4v) is 4.70. The van der Waals surface area contributed by atoms with E-state index in [0.717, 1.165) is 27.9 Å². The zero-order valence-corrected chi connectivity index (χ0v) is 21.1. The number of anilines is 1. The number of nitrogens with zero attached hydrogens (tertiary/aromatic N) is 3. The van der Waals surface area contributed by atoms with Crippen molar-refractivity contribution in [2.45, 2.75) is 13.8 Å². The Morgan fingerprint density at radius 1 is 1.00 bits per heavy atom. The third-order valence-corrected chi connectivity index (χ3v) is 6.22. The maximum atomic E-state index is 13.3. The standard InChI is InChI=1S/C25H31N3O4S/c1-16-12-17(2)23-21(13-16)33-25(26-23)28(11-10-27(3)4)22(29)9-8-18-14-19(30-5)24(32-7)20(15-18)31-6/h8-9,12-15H,10-11H2,1-7H3/b9-8+. The van der Waals surface area contributed by atoms with Crippen molar-refractivity contribution in [3.63, 3.8) is 0 Å². The van der Waals surface area contributed by atoms with Crippen LogP contribution in [-0.4, -0.2) is 64.3 Å². The maximum Gasteiger partial charge on any atom is 0.252 e. The number of rotatable bonds is 9. The van der Waals surface area contributed by atoms with Crippen LogP contribution in [0.2, 0.25) is 0 Å². The van der Waals surface area contributed by atoms with Crippen LogP contribution in [0.4, 0.5) is 5.13 Å². The Morgan fingerprint density at radius 3 is 2.24 bits per heavy atom. The highest BCUT2D eigenvalue weighted by Gasteiger charge is 2.19. The summed E-state index contributed by atoms with van der Waals surface area (Å²) in [5, 5.41) is 0.695. The van der Waals surface area contributed by atoms with Gasteiger partial charge in [0.25, 0.3) is 5.91 Å². The molecule has 1 amide bonds. The number of methoxy groups -OCH3 is 3. The number of carbonyl (C=O) groups is 1. The third-order valence-electron chi connectivity index (χ3n) is 5.19. The van der Waals surface area contributed by atoms with Crippen LogP contribution >= 0.6 is 11.3 Å². The second kappa shape index (κ2) is 10.7. The minimum atomic E-state index is -0.140. The summed E-state index contributed by atoms with van der Waals surface area (Å²) in [5.41, 5.74) is 4.00. The number of aromatic nitrogens is 1. The molecule has 3 aromatic rings. The second-order valence-corrected chi connectivity index (χ2v) is 9.02. The van der Waals surface area contributed by atoms with Crippen LogP contribution in [0.5, 0.6) is 17.2 Å². The van der Waals surface area contributed by atoms with Crippen molar-refractivity contribution in [1.82, 2.24) is 9.88 Å². The average Bonchev–Trinajstić information content (AvgIpc) is 3.20. The lowest BCUT2D eigenvalue weighted by atomic mass is 10.1. The van der Waals surface area contributed by atoms with Gasteiger partial charge in [0, 0.05) is 19.2 Å². The summed E-state index contributed by atoms with van der Waals surface area (Å²) in [4.78, 5) is 21.9. The zero-order valence-electron chi connectivity index (χ0n) is 20.3. The monoisotopic (exact) mass is 469 g/mol. The van der Waals surface area contributed by atoms with E-state index < -0.39 is 0 Å². The summed E-state index contributed by atoms with van der Waals surface area (Å²) < 4.78 is 17.3. The van der Waals surface area contributed by atoms with E-state index in [-0.39, 0.29) is 5.91 Å². The zero-order chi connectivity index (χ0) is 24.1. The molecule has 0 N–H and O–H groups in total. The van der Waals surface area contributed by atoms with Gasteiger partial charge in [-0.2, -0.15) is 0 Å². The van der Waals surface area contributed by atoms with Crippen LogP contribution in [0.1, 0.15) is 16.7 Å². The van der Waals surface area contributed by atoms with Crippen LogP contribution in [0.25, 0.3) is 16.3 Å². The molecule has 0 atom stereocenters. The molecule has 176 valence electrons. The van der Waals surface area contributed by atoms with Crippen LogP contribution < -0.4 is 19.1 Å². The Hall–Kier alpha value is -3.10. The fraction of sp³-hybridized carbons (Fsp3) is 0.360. The van der Waals surface area contributed by atoms with E-state index in [1.54, 1.807) is 50.5 Å². The third kappa shape index (κ3) is 5.64. The van der Waals surface area contributed by atoms with Gasteiger partial charge in [-0.3, -0.25) is 9.69 Å². The molecule has 0 bridgehead atoms. The van der Waals surface area contributed by atoms with Gasteiger partial charge in [-0.25, -0.2) is 4.98 Å². The minimum absolute atomic E-state index is 0.140. The molecule has 0 saturated carbocycles. The van der Waals surface area contributed by atoms with Crippen molar-refractivity contribution in [2.24, 2.45) is 0 Å². The van der Waals surface area contributed by atoms with Crippen molar-refractivity contribution in [2.75, 3.05) is 53.4 Å². The van der Waals surface area contributed by atoms with Crippen LogP contribution in [-0.2, 0) is 4.79 Å². The molecule has 0 saturated heterocycles. The Kier molecular flexibility index (Phi) is 7.94. The number of amides is 1. The number of hydrogen-bond acceptors (Lipinski definition) is 7. The molecule has 0 spiro atoms. The second-order valence-electron chi connectivity index (χ2n) is 8.01. The summed E-state index contributed by atoms with van der Waals surface area (Å²) in [6, 6.07) is 7.84. The summed E-state index contributed by atoms with van der Waals surface area (Å²) in [6.07, 6.45) is 3.30. The van der Waals surface area contributed by atoms with Gasteiger partial charge in [-0.15, -0.1) is 0 Å². The first kappa shape index (κ1) is 24.5. The molecule has 0 radical (unpaired) electrons. The van der Waals surface area contributed by atoms with Gasteiger partial charge in [0.15, 0.2) is 16.6 Å². The molecule has 0 fully saturated rings. The summed E-state index contributed by atoms with van der Waals surface area (Å²) in [5.74, 6) is 1.44. The average molecular weight is 470 g/mol. The van der Waals surface area contributed by atoms with Gasteiger partial charge in [0.1, 0.15) is 0 Å². The van der Waals surface area contributed by atoms with Gasteiger partial charge >= 0.3 is 0 Å². The van der Waals surface area contributed by atoms with Crippen molar-refractivity contribution < 1.29 is 19.0 Å². The molecule has 33 heavy (non-hydrogen) atoms. The van der Waals surface area contributed by atoms with Gasteiger partial charge in [0.2, 0.25) is 5.75 Å². The topological polar surface area (TPSA) is 64.1 Å². The molecule has 2 aromatic carbocycles. The molecule has 0 unspecified atom stereocenters. The number of aryl methyl sites for hydroxylation is 2. The molecule has 0 aliphatic heterocycles. The van der Waals surface area contributed by atoms with E-state index >= 15 is 0 Å². The normalized spacial score (nSPS) is 11.4. The first-order valence-corrected chi connectivity index (χ1v) is 11.4. The van der Waals surface area contributed by atoms with E-state index in [9.17, 15) is 4.79 Å². The Balaban J connectivity index is 1.95. The molecule has 1 heterocycles. The highest BCUT2D eigenvalue weighted by molar-refractivity contribution is 7.22. The molecule has 0 aliphatic rings. The molecule has 0 aliphatic carbocycles. The smallest absolute Gasteiger partial charge is 0.252 e. The van der Waals surface area contributed by atoms with Crippen molar-refractivity contribution in [3.05, 3.63) is 47.0 Å². The number of ether oxygens (including phenoxy) is 3. The van der Waals surface area contributed by atoms with E-state index in [2.05, 4.69) is 26.0 Å². The van der Waals surface area contributed by atoms with E-state index in [0.29, 0.717) is 28.9 Å². The van der Waals surface area contributed by atoms with Gasteiger partial charge < -0.3 is 19.1 Å². The summed E-state index contributed by atoms with van der Waals surface area (Å²) in [6.45, 7) is 5.37. The molecule has 3 rings (SSSR count). The lowest BCUT2D eigenvalue weighted by Gasteiger charge is -2.20. The quantitative estimate of drug-likeness (QED) is 0.429. The van der Waals surface area contributed by atoms with Gasteiger partial charge in [0.05, 0.1) is 31.5 Å². The largest absolute Gasteiger partial charge is 0.493 e. The Bertz CT molecular complexity index is 1140. The molecule has 7 nitrogen and oxygen atoms in total. The predicted molar refractivity (Wildman–Crippen MR) is 135 cm³/mol. The van der Waals surface area contributed by atoms with E-state index in [4.69, 9.17) is 19.2 Å². The van der Waals surface area contributed by atoms with Crippen molar-refractivity contribution >= 4 is 38.7 Å². The van der Waals surface area contributed by atoms with E-state index in [1.165, 1.54) is 16.9 Å².